The SMILES string of the molecule is CN=C(NCCCNC(=O)c1cccs1)NC1CC(=O)N(c2ccccc2)C1. The highest BCUT2D eigenvalue weighted by Crippen LogP contribution is 2.20. The lowest BCUT2D eigenvalue weighted by Crippen LogP contribution is -2.45. The highest BCUT2D eigenvalue weighted by molar-refractivity contribution is 7.12. The quantitative estimate of drug-likeness (QED) is 0.377. The van der Waals surface area contributed by atoms with Crippen molar-refractivity contribution in [2.45, 2.75) is 18.9 Å². The van der Waals surface area contributed by atoms with Crippen LogP contribution in [0.2, 0.25) is 0 Å². The summed E-state index contributed by atoms with van der Waals surface area (Å²) in [6.07, 6.45) is 1.21. The van der Waals surface area contributed by atoms with Crippen molar-refractivity contribution in [2.75, 3.05) is 31.6 Å². The highest BCUT2D eigenvalue weighted by atomic mass is 32.1. The third-order valence-electron chi connectivity index (χ3n) is 4.43. The summed E-state index contributed by atoms with van der Waals surface area (Å²) in [6.45, 7) is 1.87. The van der Waals surface area contributed by atoms with Gasteiger partial charge in [0.05, 0.1) is 10.9 Å². The molecular formula is C20H25N5O2S. The number of benzene rings is 1. The van der Waals surface area contributed by atoms with Gasteiger partial charge < -0.3 is 20.9 Å². The normalized spacial score (nSPS) is 16.9. The maximum atomic E-state index is 12.3. The Bertz CT molecular complexity index is 807. The second-order valence-corrected chi connectivity index (χ2v) is 7.42. The minimum Gasteiger partial charge on any atom is -0.356 e. The van der Waals surface area contributed by atoms with Gasteiger partial charge >= 0.3 is 0 Å². The lowest BCUT2D eigenvalue weighted by molar-refractivity contribution is -0.117. The Morgan fingerprint density at radius 1 is 1.18 bits per heavy atom. The number of para-hydroxylation sites is 1. The number of hydrogen-bond donors (Lipinski definition) is 3. The van der Waals surface area contributed by atoms with Crippen LogP contribution in [-0.2, 0) is 4.79 Å². The molecule has 1 aromatic carbocycles. The minimum absolute atomic E-state index is 0.0115. The standard InChI is InChI=1S/C20H25N5O2S/c1-21-20(23-11-6-10-22-19(27)17-9-5-12-28-17)24-15-13-18(26)25(14-15)16-7-3-2-4-8-16/h2-5,7-9,12,15H,6,10-11,13-14H2,1H3,(H,22,27)(H2,21,23,24). The van der Waals surface area contributed by atoms with E-state index >= 15 is 0 Å². The van der Waals surface area contributed by atoms with Gasteiger partial charge in [0.1, 0.15) is 0 Å². The molecule has 1 aliphatic rings. The minimum atomic E-state index is -0.0389. The molecule has 3 rings (SSSR count). The number of anilines is 1. The van der Waals surface area contributed by atoms with Crippen molar-refractivity contribution >= 4 is 34.8 Å². The predicted molar refractivity (Wildman–Crippen MR) is 113 cm³/mol. The third-order valence-corrected chi connectivity index (χ3v) is 5.30. The molecule has 7 nitrogen and oxygen atoms in total. The first-order valence-corrected chi connectivity index (χ1v) is 10.2. The van der Waals surface area contributed by atoms with Crippen molar-refractivity contribution in [2.24, 2.45) is 4.99 Å². The zero-order valence-electron chi connectivity index (χ0n) is 15.9. The largest absolute Gasteiger partial charge is 0.356 e. The molecule has 148 valence electrons. The Labute approximate surface area is 168 Å². The summed E-state index contributed by atoms with van der Waals surface area (Å²) in [4.78, 5) is 30.9. The number of carbonyl (C=O) groups is 2. The van der Waals surface area contributed by atoms with Gasteiger partial charge in [-0.1, -0.05) is 24.3 Å². The summed E-state index contributed by atoms with van der Waals surface area (Å²) in [5.74, 6) is 0.732. The monoisotopic (exact) mass is 399 g/mol. The molecule has 2 amide bonds. The van der Waals surface area contributed by atoms with Crippen LogP contribution in [0.5, 0.6) is 0 Å². The van der Waals surface area contributed by atoms with E-state index in [0.717, 1.165) is 17.0 Å². The van der Waals surface area contributed by atoms with Crippen LogP contribution in [0.3, 0.4) is 0 Å². The number of guanidine groups is 1. The van der Waals surface area contributed by atoms with Gasteiger partial charge in [-0.3, -0.25) is 14.6 Å². The Morgan fingerprint density at radius 3 is 2.68 bits per heavy atom. The maximum Gasteiger partial charge on any atom is 0.261 e. The molecule has 0 saturated carbocycles. The molecule has 8 heteroatoms. The number of thiophene rings is 1. The summed E-state index contributed by atoms with van der Waals surface area (Å²) in [7, 11) is 1.71. The molecule has 0 spiro atoms. The molecule has 0 aliphatic carbocycles. The zero-order chi connectivity index (χ0) is 19.8. The summed E-state index contributed by atoms with van der Waals surface area (Å²) in [5, 5.41) is 11.3. The number of carbonyl (C=O) groups excluding carboxylic acids is 2. The van der Waals surface area contributed by atoms with Crippen molar-refractivity contribution < 1.29 is 9.59 Å². The summed E-state index contributed by atoms with van der Waals surface area (Å²) in [5.41, 5.74) is 0.918. The molecule has 2 aromatic rings. The van der Waals surface area contributed by atoms with Gasteiger partial charge in [0.25, 0.3) is 5.91 Å². The van der Waals surface area contributed by atoms with Crippen molar-refractivity contribution in [3.63, 3.8) is 0 Å². The molecule has 2 heterocycles. The average molecular weight is 400 g/mol. The van der Waals surface area contributed by atoms with Crippen LogP contribution in [0.25, 0.3) is 0 Å². The fraction of sp³-hybridized carbons (Fsp3) is 0.350. The number of aliphatic imine (C=N–C) groups is 1. The van der Waals surface area contributed by atoms with E-state index in [1.54, 1.807) is 11.9 Å². The van der Waals surface area contributed by atoms with Gasteiger partial charge in [-0.2, -0.15) is 0 Å². The Morgan fingerprint density at radius 2 is 1.96 bits per heavy atom. The van der Waals surface area contributed by atoms with E-state index in [-0.39, 0.29) is 17.9 Å². The molecule has 0 bridgehead atoms. The molecule has 28 heavy (non-hydrogen) atoms. The lowest BCUT2D eigenvalue weighted by Gasteiger charge is -2.19. The lowest BCUT2D eigenvalue weighted by atomic mass is 10.2. The Hall–Kier alpha value is -2.87. The van der Waals surface area contributed by atoms with E-state index in [1.165, 1.54) is 11.3 Å². The van der Waals surface area contributed by atoms with E-state index in [1.807, 2.05) is 47.8 Å². The van der Waals surface area contributed by atoms with E-state index in [2.05, 4.69) is 20.9 Å². The van der Waals surface area contributed by atoms with Crippen molar-refractivity contribution in [1.29, 1.82) is 0 Å². The van der Waals surface area contributed by atoms with Crippen LogP contribution in [0.1, 0.15) is 22.5 Å². The van der Waals surface area contributed by atoms with Crippen LogP contribution in [-0.4, -0.2) is 50.5 Å². The van der Waals surface area contributed by atoms with Crippen LogP contribution in [0, 0.1) is 0 Å². The van der Waals surface area contributed by atoms with Crippen molar-refractivity contribution in [1.82, 2.24) is 16.0 Å². The van der Waals surface area contributed by atoms with Gasteiger partial charge in [-0.15, -0.1) is 11.3 Å². The van der Waals surface area contributed by atoms with Crippen LogP contribution >= 0.6 is 11.3 Å². The predicted octanol–water partition coefficient (Wildman–Crippen LogP) is 1.84. The Kier molecular flexibility index (Phi) is 7.02. The van der Waals surface area contributed by atoms with E-state index in [9.17, 15) is 9.59 Å². The van der Waals surface area contributed by atoms with Crippen molar-refractivity contribution in [3.8, 4) is 0 Å². The Balaban J connectivity index is 1.38. The molecule has 1 aromatic heterocycles. The second kappa shape index (κ2) is 9.89. The van der Waals surface area contributed by atoms with Gasteiger partial charge in [-0.25, -0.2) is 0 Å². The number of hydrogen-bond acceptors (Lipinski definition) is 4. The molecule has 3 N–H and O–H groups in total. The number of rotatable bonds is 7. The number of amides is 2. The second-order valence-electron chi connectivity index (χ2n) is 6.47. The molecule has 1 aliphatic heterocycles. The maximum absolute atomic E-state index is 12.3. The zero-order valence-corrected chi connectivity index (χ0v) is 16.7. The van der Waals surface area contributed by atoms with E-state index in [4.69, 9.17) is 0 Å². The van der Waals surface area contributed by atoms with Crippen LogP contribution < -0.4 is 20.9 Å². The molecule has 1 saturated heterocycles. The first-order chi connectivity index (χ1) is 13.7. The van der Waals surface area contributed by atoms with Crippen molar-refractivity contribution in [3.05, 3.63) is 52.7 Å². The van der Waals surface area contributed by atoms with E-state index in [0.29, 0.717) is 32.0 Å². The third kappa shape index (κ3) is 5.32. The first kappa shape index (κ1) is 19.9. The van der Waals surface area contributed by atoms with E-state index < -0.39 is 0 Å². The highest BCUT2D eigenvalue weighted by Gasteiger charge is 2.30. The number of nitrogens with zero attached hydrogens (tertiary/aromatic N) is 2. The molecule has 1 atom stereocenters. The average Bonchev–Trinajstić information content (AvgIpc) is 3.37. The first-order valence-electron chi connectivity index (χ1n) is 9.31. The topological polar surface area (TPSA) is 85.8 Å². The molecule has 1 fully saturated rings. The fourth-order valence-corrected chi connectivity index (χ4v) is 3.68. The summed E-state index contributed by atoms with van der Waals surface area (Å²) >= 11 is 1.43. The van der Waals surface area contributed by atoms with Gasteiger partial charge in [0, 0.05) is 38.8 Å². The smallest absolute Gasteiger partial charge is 0.261 e. The molecular weight excluding hydrogens is 374 g/mol. The summed E-state index contributed by atoms with van der Waals surface area (Å²) in [6, 6.07) is 13.4. The molecule has 1 unspecified atom stereocenters. The van der Waals surface area contributed by atoms with Gasteiger partial charge in [0.2, 0.25) is 5.91 Å². The van der Waals surface area contributed by atoms with Crippen LogP contribution in [0.4, 0.5) is 5.69 Å². The van der Waals surface area contributed by atoms with Gasteiger partial charge in [0.15, 0.2) is 5.96 Å². The molecule has 0 radical (unpaired) electrons. The van der Waals surface area contributed by atoms with Crippen LogP contribution in [0.15, 0.2) is 52.8 Å². The fourth-order valence-electron chi connectivity index (χ4n) is 3.04. The van der Waals surface area contributed by atoms with Gasteiger partial charge in [-0.05, 0) is 30.0 Å². The number of nitrogens with one attached hydrogen (secondary N) is 3. The summed E-state index contributed by atoms with van der Waals surface area (Å²) < 4.78 is 0.